The Labute approximate surface area is 227 Å². The Morgan fingerprint density at radius 2 is 1.72 bits per heavy atom. The average molecular weight is 537 g/mol. The highest BCUT2D eigenvalue weighted by atomic mass is 35.5. The normalized spacial score (nSPS) is 17.4. The Kier molecular flexibility index (Phi) is 6.68. The van der Waals surface area contributed by atoms with Crippen LogP contribution in [0.5, 0.6) is 0 Å². The number of hydrogen-bond donors (Lipinski definition) is 1. The lowest BCUT2D eigenvalue weighted by Gasteiger charge is -2.28. The van der Waals surface area contributed by atoms with Crippen LogP contribution in [-0.2, 0) is 0 Å². The maximum absolute atomic E-state index is 6.63. The fraction of sp³-hybridized carbons (Fsp3) is 0.214. The predicted molar refractivity (Wildman–Crippen MR) is 154 cm³/mol. The molecule has 4 aromatic rings. The lowest BCUT2D eigenvalue weighted by molar-refractivity contribution is 0.565. The van der Waals surface area contributed by atoms with Gasteiger partial charge in [-0.25, -0.2) is 0 Å². The highest BCUT2D eigenvalue weighted by Gasteiger charge is 2.42. The van der Waals surface area contributed by atoms with Crippen molar-refractivity contribution >= 4 is 51.9 Å². The first-order valence-corrected chi connectivity index (χ1v) is 12.8. The van der Waals surface area contributed by atoms with Gasteiger partial charge < -0.3 is 19.7 Å². The van der Waals surface area contributed by atoms with Crippen molar-refractivity contribution in [3.05, 3.63) is 106 Å². The van der Waals surface area contributed by atoms with Crippen LogP contribution in [0.2, 0.25) is 10.0 Å². The third-order valence-electron chi connectivity index (χ3n) is 6.68. The topological polar surface area (TPSA) is 36.3 Å². The molecule has 0 spiro atoms. The molecule has 1 N–H and O–H groups in total. The first-order chi connectivity index (χ1) is 17.3. The SMILES string of the molecule is Cc1cc([C@H]2[C@@H](c3ccccn3)NC(=S)N2c2ccc(N(C)C)cc2)c(C)n1-c1ccc(Cl)cc1Cl. The van der Waals surface area contributed by atoms with Crippen LogP contribution in [-0.4, -0.2) is 28.8 Å². The number of halogens is 2. The minimum Gasteiger partial charge on any atom is -0.378 e. The molecule has 2 aromatic heterocycles. The smallest absolute Gasteiger partial charge is 0.174 e. The predicted octanol–water partition coefficient (Wildman–Crippen LogP) is 7.04. The Morgan fingerprint density at radius 3 is 2.36 bits per heavy atom. The average Bonchev–Trinajstić information content (AvgIpc) is 3.35. The molecule has 5 rings (SSSR count). The minimum absolute atomic E-state index is 0.108. The number of benzene rings is 2. The van der Waals surface area contributed by atoms with E-state index in [2.05, 4.69) is 68.8 Å². The number of anilines is 2. The summed E-state index contributed by atoms with van der Waals surface area (Å²) in [6.07, 6.45) is 1.82. The second kappa shape index (κ2) is 9.77. The third-order valence-corrected chi connectivity index (χ3v) is 7.53. The fourth-order valence-electron chi connectivity index (χ4n) is 4.98. The summed E-state index contributed by atoms with van der Waals surface area (Å²) in [6, 6.07) is 22.0. The standard InChI is InChI=1S/C28H27Cl2N5S/c1-17-15-22(18(2)34(17)25-13-8-19(29)16-23(25)30)27-26(24-7-5-6-14-31-24)32-28(36)35(27)21-11-9-20(10-12-21)33(3)4/h5-16,26-27H,1-4H3,(H,32,36)/t26-,27+/m1/s1. The lowest BCUT2D eigenvalue weighted by Crippen LogP contribution is -2.29. The molecule has 184 valence electrons. The van der Waals surface area contributed by atoms with Gasteiger partial charge in [0.05, 0.1) is 28.5 Å². The monoisotopic (exact) mass is 535 g/mol. The Bertz CT molecular complexity index is 1420. The van der Waals surface area contributed by atoms with Gasteiger partial charge in [0.1, 0.15) is 0 Å². The van der Waals surface area contributed by atoms with E-state index < -0.39 is 0 Å². The number of nitrogens with one attached hydrogen (secondary N) is 1. The van der Waals surface area contributed by atoms with Crippen molar-refractivity contribution in [3.63, 3.8) is 0 Å². The number of hydrogen-bond acceptors (Lipinski definition) is 3. The summed E-state index contributed by atoms with van der Waals surface area (Å²) in [7, 11) is 4.07. The van der Waals surface area contributed by atoms with Crippen molar-refractivity contribution in [2.45, 2.75) is 25.9 Å². The van der Waals surface area contributed by atoms with E-state index in [1.807, 2.05) is 50.6 Å². The van der Waals surface area contributed by atoms with E-state index in [-0.39, 0.29) is 12.1 Å². The van der Waals surface area contributed by atoms with Gasteiger partial charge in [-0.2, -0.15) is 0 Å². The molecule has 1 fully saturated rings. The summed E-state index contributed by atoms with van der Waals surface area (Å²) in [5, 5.41) is 5.44. The summed E-state index contributed by atoms with van der Waals surface area (Å²) >= 11 is 18.7. The Morgan fingerprint density at radius 1 is 0.972 bits per heavy atom. The van der Waals surface area contributed by atoms with E-state index in [4.69, 9.17) is 35.4 Å². The molecule has 2 aromatic carbocycles. The molecule has 0 amide bonds. The first kappa shape index (κ1) is 24.6. The minimum atomic E-state index is -0.123. The zero-order valence-electron chi connectivity index (χ0n) is 20.5. The van der Waals surface area contributed by atoms with E-state index in [1.54, 1.807) is 6.07 Å². The maximum Gasteiger partial charge on any atom is 0.174 e. The van der Waals surface area contributed by atoms with Crippen LogP contribution in [0.1, 0.15) is 34.7 Å². The molecule has 5 nitrogen and oxygen atoms in total. The largest absolute Gasteiger partial charge is 0.378 e. The maximum atomic E-state index is 6.63. The molecule has 0 unspecified atom stereocenters. The van der Waals surface area contributed by atoms with E-state index >= 15 is 0 Å². The van der Waals surface area contributed by atoms with Crippen LogP contribution in [0.3, 0.4) is 0 Å². The van der Waals surface area contributed by atoms with Crippen LogP contribution < -0.4 is 15.1 Å². The van der Waals surface area contributed by atoms with Crippen LogP contribution in [0.15, 0.2) is 72.9 Å². The Balaban J connectivity index is 1.67. The molecular weight excluding hydrogens is 509 g/mol. The van der Waals surface area contributed by atoms with E-state index in [0.717, 1.165) is 39.7 Å². The van der Waals surface area contributed by atoms with Gasteiger partial charge in [0.15, 0.2) is 5.11 Å². The van der Waals surface area contributed by atoms with Crippen molar-refractivity contribution < 1.29 is 0 Å². The second-order valence-electron chi connectivity index (χ2n) is 9.17. The molecular formula is C28H27Cl2N5S. The van der Waals surface area contributed by atoms with Crippen molar-refractivity contribution in [1.29, 1.82) is 0 Å². The molecule has 1 aliphatic heterocycles. The van der Waals surface area contributed by atoms with Gasteiger partial charge in [-0.1, -0.05) is 29.3 Å². The summed E-state index contributed by atoms with van der Waals surface area (Å²) in [5.74, 6) is 0. The molecule has 0 bridgehead atoms. The summed E-state index contributed by atoms with van der Waals surface area (Å²) in [4.78, 5) is 8.96. The molecule has 0 saturated carbocycles. The quantitative estimate of drug-likeness (QED) is 0.277. The zero-order valence-corrected chi connectivity index (χ0v) is 22.9. The van der Waals surface area contributed by atoms with E-state index in [1.165, 1.54) is 0 Å². The molecule has 2 atom stereocenters. The van der Waals surface area contributed by atoms with E-state index in [0.29, 0.717) is 15.2 Å². The summed E-state index contributed by atoms with van der Waals surface area (Å²) in [6.45, 7) is 4.21. The van der Waals surface area contributed by atoms with Gasteiger partial charge in [0.2, 0.25) is 0 Å². The van der Waals surface area contributed by atoms with Crippen molar-refractivity contribution in [2.24, 2.45) is 0 Å². The van der Waals surface area contributed by atoms with Crippen LogP contribution in [0.4, 0.5) is 11.4 Å². The van der Waals surface area contributed by atoms with Crippen LogP contribution >= 0.6 is 35.4 Å². The molecule has 8 heteroatoms. The number of pyridine rings is 1. The van der Waals surface area contributed by atoms with Gasteiger partial charge >= 0.3 is 0 Å². The number of rotatable bonds is 5. The van der Waals surface area contributed by atoms with Crippen LogP contribution in [0, 0.1) is 13.8 Å². The molecule has 0 radical (unpaired) electrons. The van der Waals surface area contributed by atoms with Gasteiger partial charge in [-0.3, -0.25) is 4.98 Å². The van der Waals surface area contributed by atoms with Crippen LogP contribution in [0.25, 0.3) is 5.69 Å². The number of thiocarbonyl (C=S) groups is 1. The summed E-state index contributed by atoms with van der Waals surface area (Å²) in [5.41, 5.74) is 7.30. The molecule has 1 saturated heterocycles. The second-order valence-corrected chi connectivity index (χ2v) is 10.4. The Hall–Kier alpha value is -3.06. The number of aromatic nitrogens is 2. The highest BCUT2D eigenvalue weighted by molar-refractivity contribution is 7.80. The fourth-order valence-corrected chi connectivity index (χ4v) is 5.82. The number of nitrogens with zero attached hydrogens (tertiary/aromatic N) is 4. The van der Waals surface area contributed by atoms with Gasteiger partial charge in [-0.05, 0) is 92.3 Å². The molecule has 36 heavy (non-hydrogen) atoms. The van der Waals surface area contributed by atoms with Crippen molar-refractivity contribution in [2.75, 3.05) is 23.9 Å². The lowest BCUT2D eigenvalue weighted by atomic mass is 9.96. The molecule has 3 heterocycles. The first-order valence-electron chi connectivity index (χ1n) is 11.7. The number of aryl methyl sites for hydroxylation is 1. The third kappa shape index (κ3) is 4.34. The highest BCUT2D eigenvalue weighted by Crippen LogP contribution is 2.44. The molecule has 0 aliphatic carbocycles. The van der Waals surface area contributed by atoms with E-state index in [9.17, 15) is 0 Å². The zero-order chi connectivity index (χ0) is 25.6. The molecule has 1 aliphatic rings. The van der Waals surface area contributed by atoms with Crippen molar-refractivity contribution in [3.8, 4) is 5.69 Å². The summed E-state index contributed by atoms with van der Waals surface area (Å²) < 4.78 is 2.18. The van der Waals surface area contributed by atoms with Gasteiger partial charge in [0.25, 0.3) is 0 Å². The van der Waals surface area contributed by atoms with Gasteiger partial charge in [-0.15, -0.1) is 0 Å². The van der Waals surface area contributed by atoms with Crippen molar-refractivity contribution in [1.82, 2.24) is 14.9 Å². The van der Waals surface area contributed by atoms with Gasteiger partial charge in [0, 0.05) is 48.1 Å².